The third-order valence-corrected chi connectivity index (χ3v) is 3.98. The van der Waals surface area contributed by atoms with Gasteiger partial charge < -0.3 is 4.90 Å². The molecule has 18 heavy (non-hydrogen) atoms. The van der Waals surface area contributed by atoms with Crippen molar-refractivity contribution in [1.82, 2.24) is 14.9 Å². The van der Waals surface area contributed by atoms with Crippen molar-refractivity contribution in [2.45, 2.75) is 13.1 Å². The van der Waals surface area contributed by atoms with E-state index in [2.05, 4.69) is 32.9 Å². The minimum atomic E-state index is 0.930. The molecule has 2 aromatic heterocycles. The zero-order valence-corrected chi connectivity index (χ0v) is 11.2. The monoisotopic (exact) mass is 260 g/mol. The van der Waals surface area contributed by atoms with Crippen LogP contribution in [0.4, 0.5) is 5.82 Å². The van der Waals surface area contributed by atoms with E-state index < -0.39 is 0 Å². The van der Waals surface area contributed by atoms with Crippen molar-refractivity contribution in [1.29, 1.82) is 0 Å². The molecule has 0 bridgehead atoms. The summed E-state index contributed by atoms with van der Waals surface area (Å²) in [6, 6.07) is 4.18. The van der Waals surface area contributed by atoms with E-state index in [1.54, 1.807) is 11.3 Å². The Morgan fingerprint density at radius 3 is 3.06 bits per heavy atom. The minimum absolute atomic E-state index is 0.930. The summed E-state index contributed by atoms with van der Waals surface area (Å²) in [5.74, 6) is 1.11. The summed E-state index contributed by atoms with van der Waals surface area (Å²) in [6.45, 7) is 3.94. The van der Waals surface area contributed by atoms with Gasteiger partial charge >= 0.3 is 0 Å². The van der Waals surface area contributed by atoms with Crippen molar-refractivity contribution < 1.29 is 0 Å². The van der Waals surface area contributed by atoms with Crippen LogP contribution in [0.1, 0.15) is 10.6 Å². The first-order valence-electron chi connectivity index (χ1n) is 6.08. The lowest BCUT2D eigenvalue weighted by Crippen LogP contribution is -2.29. The van der Waals surface area contributed by atoms with Crippen LogP contribution in [0.25, 0.3) is 0 Å². The summed E-state index contributed by atoms with van der Waals surface area (Å²) in [6.07, 6.45) is 3.74. The quantitative estimate of drug-likeness (QED) is 0.826. The lowest BCUT2D eigenvalue weighted by Gasteiger charge is -2.19. The largest absolute Gasteiger partial charge is 0.358 e. The molecule has 1 aliphatic rings. The number of hydrogen-bond acceptors (Lipinski definition) is 5. The highest BCUT2D eigenvalue weighted by Crippen LogP contribution is 2.22. The lowest BCUT2D eigenvalue weighted by molar-refractivity contribution is 0.269. The molecule has 4 nitrogen and oxygen atoms in total. The molecule has 0 atom stereocenters. The molecule has 3 rings (SSSR count). The Labute approximate surface area is 111 Å². The van der Waals surface area contributed by atoms with Crippen LogP contribution in [0.15, 0.2) is 29.9 Å². The molecule has 0 saturated carbocycles. The maximum absolute atomic E-state index is 4.48. The van der Waals surface area contributed by atoms with Crippen LogP contribution in [0.5, 0.6) is 0 Å². The highest BCUT2D eigenvalue weighted by atomic mass is 32.1. The highest BCUT2D eigenvalue weighted by molar-refractivity contribution is 7.09. The van der Waals surface area contributed by atoms with Gasteiger partial charge in [-0.05, 0) is 6.07 Å². The van der Waals surface area contributed by atoms with Gasteiger partial charge in [0.25, 0.3) is 0 Å². The molecular formula is C13H16N4S. The number of hydrogen-bond donors (Lipinski definition) is 0. The van der Waals surface area contributed by atoms with E-state index in [1.807, 2.05) is 23.8 Å². The molecule has 0 aliphatic carbocycles. The van der Waals surface area contributed by atoms with Gasteiger partial charge in [-0.2, -0.15) is 0 Å². The van der Waals surface area contributed by atoms with Gasteiger partial charge in [-0.15, -0.1) is 11.3 Å². The number of thiazole rings is 1. The van der Waals surface area contributed by atoms with E-state index in [-0.39, 0.29) is 0 Å². The summed E-state index contributed by atoms with van der Waals surface area (Å²) >= 11 is 1.72. The van der Waals surface area contributed by atoms with Crippen molar-refractivity contribution in [3.8, 4) is 0 Å². The first-order chi connectivity index (χ1) is 8.83. The van der Waals surface area contributed by atoms with Crippen LogP contribution < -0.4 is 4.90 Å². The van der Waals surface area contributed by atoms with Gasteiger partial charge in [-0.25, -0.2) is 9.97 Å². The van der Waals surface area contributed by atoms with Gasteiger partial charge in [0, 0.05) is 50.0 Å². The lowest BCUT2D eigenvalue weighted by atomic mass is 10.2. The maximum atomic E-state index is 4.48. The second kappa shape index (κ2) is 5.04. The van der Waals surface area contributed by atoms with E-state index >= 15 is 0 Å². The number of anilines is 1. The first-order valence-corrected chi connectivity index (χ1v) is 6.96. The molecule has 3 heterocycles. The van der Waals surface area contributed by atoms with Crippen LogP contribution in [0, 0.1) is 0 Å². The Morgan fingerprint density at radius 2 is 2.22 bits per heavy atom. The van der Waals surface area contributed by atoms with Gasteiger partial charge in [-0.3, -0.25) is 4.90 Å². The fraction of sp³-hybridized carbons (Fsp3) is 0.385. The number of aromatic nitrogens is 2. The molecule has 1 aliphatic heterocycles. The van der Waals surface area contributed by atoms with Crippen LogP contribution in [-0.4, -0.2) is 35.0 Å². The van der Waals surface area contributed by atoms with Gasteiger partial charge in [-0.1, -0.05) is 6.07 Å². The van der Waals surface area contributed by atoms with E-state index in [1.165, 1.54) is 10.6 Å². The third kappa shape index (κ3) is 2.37. The molecule has 0 fully saturated rings. The molecule has 0 N–H and O–H groups in total. The smallest absolute Gasteiger partial charge is 0.132 e. The first kappa shape index (κ1) is 11.6. The van der Waals surface area contributed by atoms with Crippen LogP contribution in [0.3, 0.4) is 0 Å². The van der Waals surface area contributed by atoms with Crippen LogP contribution in [-0.2, 0) is 13.1 Å². The molecule has 0 amide bonds. The predicted molar refractivity (Wildman–Crippen MR) is 73.7 cm³/mol. The SMILES string of the molecule is CN1CCN(Cc2nccs2)Cc2cccnc21. The van der Waals surface area contributed by atoms with E-state index in [0.717, 1.165) is 32.0 Å². The number of nitrogens with zero attached hydrogens (tertiary/aromatic N) is 4. The Balaban J connectivity index is 1.80. The van der Waals surface area contributed by atoms with Crippen molar-refractivity contribution in [2.75, 3.05) is 25.0 Å². The van der Waals surface area contributed by atoms with E-state index in [9.17, 15) is 0 Å². The normalized spacial score (nSPS) is 16.4. The summed E-state index contributed by atoms with van der Waals surface area (Å²) in [4.78, 5) is 13.5. The number of pyridine rings is 1. The average molecular weight is 260 g/mol. The van der Waals surface area contributed by atoms with Crippen molar-refractivity contribution in [3.63, 3.8) is 0 Å². The third-order valence-electron chi connectivity index (χ3n) is 3.22. The maximum Gasteiger partial charge on any atom is 0.132 e. The standard InChI is InChI=1S/C13H16N4S/c1-16-6-7-17(10-12-14-5-8-18-12)9-11-3-2-4-15-13(11)16/h2-5,8H,6-7,9-10H2,1H3. The molecule has 5 heteroatoms. The minimum Gasteiger partial charge on any atom is -0.358 e. The number of likely N-dealkylation sites (N-methyl/N-ethyl adjacent to an activating group) is 1. The van der Waals surface area contributed by atoms with Gasteiger partial charge in [0.2, 0.25) is 0 Å². The Kier molecular flexibility index (Phi) is 3.25. The summed E-state index contributed by atoms with van der Waals surface area (Å²) in [7, 11) is 2.11. The number of fused-ring (bicyclic) bond motifs is 1. The molecule has 0 spiro atoms. The van der Waals surface area contributed by atoms with Crippen molar-refractivity contribution in [2.24, 2.45) is 0 Å². The summed E-state index contributed by atoms with van der Waals surface area (Å²) < 4.78 is 0. The fourth-order valence-electron chi connectivity index (χ4n) is 2.27. The topological polar surface area (TPSA) is 32.3 Å². The van der Waals surface area contributed by atoms with Crippen molar-refractivity contribution in [3.05, 3.63) is 40.5 Å². The molecule has 0 aromatic carbocycles. The summed E-state index contributed by atoms with van der Waals surface area (Å²) in [5, 5.41) is 3.22. The van der Waals surface area contributed by atoms with E-state index in [0.29, 0.717) is 0 Å². The van der Waals surface area contributed by atoms with Gasteiger partial charge in [0.15, 0.2) is 0 Å². The highest BCUT2D eigenvalue weighted by Gasteiger charge is 2.18. The second-order valence-electron chi connectivity index (χ2n) is 4.54. The van der Waals surface area contributed by atoms with Crippen LogP contribution in [0.2, 0.25) is 0 Å². The average Bonchev–Trinajstić information content (AvgIpc) is 2.83. The Bertz CT molecular complexity index is 511. The molecule has 94 valence electrons. The van der Waals surface area contributed by atoms with Gasteiger partial charge in [0.05, 0.1) is 6.54 Å². The van der Waals surface area contributed by atoms with Crippen LogP contribution >= 0.6 is 11.3 Å². The Hall–Kier alpha value is -1.46. The van der Waals surface area contributed by atoms with Gasteiger partial charge in [0.1, 0.15) is 10.8 Å². The Morgan fingerprint density at radius 1 is 1.28 bits per heavy atom. The summed E-state index contributed by atoms with van der Waals surface area (Å²) in [5.41, 5.74) is 1.30. The predicted octanol–water partition coefficient (Wildman–Crippen LogP) is 1.99. The van der Waals surface area contributed by atoms with E-state index in [4.69, 9.17) is 0 Å². The molecule has 0 unspecified atom stereocenters. The zero-order chi connectivity index (χ0) is 12.4. The number of rotatable bonds is 2. The zero-order valence-electron chi connectivity index (χ0n) is 10.4. The fourth-order valence-corrected chi connectivity index (χ4v) is 2.93. The molecule has 0 radical (unpaired) electrons. The molecular weight excluding hydrogens is 244 g/mol. The van der Waals surface area contributed by atoms with Crippen molar-refractivity contribution >= 4 is 17.2 Å². The second-order valence-corrected chi connectivity index (χ2v) is 5.52. The molecule has 2 aromatic rings. The molecule has 0 saturated heterocycles.